The lowest BCUT2D eigenvalue weighted by molar-refractivity contribution is 0.390. The van der Waals surface area contributed by atoms with E-state index in [9.17, 15) is 12.8 Å². The first-order valence-electron chi connectivity index (χ1n) is 6.39. The van der Waals surface area contributed by atoms with Gasteiger partial charge in [0.05, 0.1) is 7.11 Å². The number of rotatable bonds is 3. The Bertz CT molecular complexity index is 537. The summed E-state index contributed by atoms with van der Waals surface area (Å²) in [6, 6.07) is 3.57. The molecule has 1 aromatic rings. The highest BCUT2D eigenvalue weighted by molar-refractivity contribution is 7.89. The van der Waals surface area contributed by atoms with Gasteiger partial charge in [0.25, 0.3) is 0 Å². The fourth-order valence-electron chi connectivity index (χ4n) is 2.27. The molecule has 1 aliphatic rings. The lowest BCUT2D eigenvalue weighted by atomic mass is 10.2. The molecule has 0 spiro atoms. The number of ether oxygens (including phenoxy) is 1. The average Bonchev–Trinajstić information content (AvgIpc) is 2.68. The van der Waals surface area contributed by atoms with E-state index in [4.69, 9.17) is 4.74 Å². The Morgan fingerprint density at radius 1 is 1.16 bits per heavy atom. The van der Waals surface area contributed by atoms with Crippen LogP contribution in [0, 0.1) is 5.82 Å². The molecule has 1 aromatic carbocycles. The van der Waals surface area contributed by atoms with Gasteiger partial charge in [-0.05, 0) is 31.0 Å². The molecule has 0 aliphatic carbocycles. The summed E-state index contributed by atoms with van der Waals surface area (Å²) in [7, 11) is -2.30. The molecule has 106 valence electrons. The maximum atomic E-state index is 13.3. The highest BCUT2D eigenvalue weighted by Gasteiger charge is 2.28. The Morgan fingerprint density at radius 3 is 2.37 bits per heavy atom. The van der Waals surface area contributed by atoms with Crippen molar-refractivity contribution >= 4 is 10.0 Å². The van der Waals surface area contributed by atoms with Crippen LogP contribution in [0.2, 0.25) is 0 Å². The summed E-state index contributed by atoms with van der Waals surface area (Å²) in [4.78, 5) is -0.0862. The fraction of sp³-hybridized carbons (Fsp3) is 0.538. The predicted molar refractivity (Wildman–Crippen MR) is 70.2 cm³/mol. The van der Waals surface area contributed by atoms with Gasteiger partial charge in [-0.1, -0.05) is 12.8 Å². The van der Waals surface area contributed by atoms with Gasteiger partial charge in [-0.2, -0.15) is 4.31 Å². The fourth-order valence-corrected chi connectivity index (χ4v) is 3.96. The zero-order valence-corrected chi connectivity index (χ0v) is 11.7. The molecule has 1 fully saturated rings. The van der Waals surface area contributed by atoms with Gasteiger partial charge in [0.1, 0.15) is 16.5 Å². The molecule has 6 heteroatoms. The first kappa shape index (κ1) is 14.3. The first-order chi connectivity index (χ1) is 9.05. The Kier molecular flexibility index (Phi) is 4.42. The second-order valence-electron chi connectivity index (χ2n) is 4.61. The van der Waals surface area contributed by atoms with Gasteiger partial charge in [-0.3, -0.25) is 0 Å². The van der Waals surface area contributed by atoms with Crippen LogP contribution in [0.4, 0.5) is 4.39 Å². The number of hydrogen-bond donors (Lipinski definition) is 0. The van der Waals surface area contributed by atoms with Crippen LogP contribution in [-0.4, -0.2) is 32.9 Å². The molecule has 2 rings (SSSR count). The minimum Gasteiger partial charge on any atom is -0.495 e. The molecule has 19 heavy (non-hydrogen) atoms. The van der Waals surface area contributed by atoms with Crippen molar-refractivity contribution in [3.63, 3.8) is 0 Å². The molecule has 0 amide bonds. The Balaban J connectivity index is 2.40. The van der Waals surface area contributed by atoms with Crippen molar-refractivity contribution in [2.24, 2.45) is 0 Å². The van der Waals surface area contributed by atoms with Crippen LogP contribution < -0.4 is 4.74 Å². The SMILES string of the molecule is COc1ccc(F)cc1S(=O)(=O)N1CCCCCC1. The highest BCUT2D eigenvalue weighted by Crippen LogP contribution is 2.28. The number of halogens is 1. The van der Waals surface area contributed by atoms with Crippen molar-refractivity contribution < 1.29 is 17.5 Å². The molecule has 0 saturated carbocycles. The van der Waals surface area contributed by atoms with E-state index in [1.165, 1.54) is 23.5 Å². The Hall–Kier alpha value is -1.14. The minimum absolute atomic E-state index is 0.0862. The maximum absolute atomic E-state index is 13.3. The number of methoxy groups -OCH3 is 1. The van der Waals surface area contributed by atoms with E-state index in [2.05, 4.69) is 0 Å². The number of hydrogen-bond acceptors (Lipinski definition) is 3. The minimum atomic E-state index is -3.68. The smallest absolute Gasteiger partial charge is 0.246 e. The monoisotopic (exact) mass is 287 g/mol. The van der Waals surface area contributed by atoms with E-state index in [-0.39, 0.29) is 10.6 Å². The summed E-state index contributed by atoms with van der Waals surface area (Å²) in [6.45, 7) is 0.976. The third kappa shape index (κ3) is 3.06. The van der Waals surface area contributed by atoms with Gasteiger partial charge >= 0.3 is 0 Å². The maximum Gasteiger partial charge on any atom is 0.246 e. The third-order valence-electron chi connectivity index (χ3n) is 3.31. The lowest BCUT2D eigenvalue weighted by Gasteiger charge is -2.21. The summed E-state index contributed by atoms with van der Waals surface area (Å²) in [5.41, 5.74) is 0. The quantitative estimate of drug-likeness (QED) is 0.857. The molecule has 0 bridgehead atoms. The van der Waals surface area contributed by atoms with Crippen LogP contribution in [0.15, 0.2) is 23.1 Å². The zero-order valence-electron chi connectivity index (χ0n) is 10.9. The van der Waals surface area contributed by atoms with Crippen LogP contribution in [0.1, 0.15) is 25.7 Å². The summed E-state index contributed by atoms with van der Waals surface area (Å²) < 4.78 is 44.9. The topological polar surface area (TPSA) is 46.6 Å². The van der Waals surface area contributed by atoms with E-state index in [1.807, 2.05) is 0 Å². The van der Waals surface area contributed by atoms with Crippen molar-refractivity contribution in [1.29, 1.82) is 0 Å². The van der Waals surface area contributed by atoms with Crippen molar-refractivity contribution in [3.05, 3.63) is 24.0 Å². The summed E-state index contributed by atoms with van der Waals surface area (Å²) in [5.74, 6) is -0.389. The average molecular weight is 287 g/mol. The molecule has 4 nitrogen and oxygen atoms in total. The molecular formula is C13H18FNO3S. The van der Waals surface area contributed by atoms with Crippen LogP contribution in [0.3, 0.4) is 0 Å². The Morgan fingerprint density at radius 2 is 1.79 bits per heavy atom. The van der Waals surface area contributed by atoms with E-state index < -0.39 is 15.8 Å². The third-order valence-corrected chi connectivity index (χ3v) is 5.23. The van der Waals surface area contributed by atoms with Crippen molar-refractivity contribution in [2.45, 2.75) is 30.6 Å². The van der Waals surface area contributed by atoms with E-state index in [0.717, 1.165) is 31.7 Å². The van der Waals surface area contributed by atoms with Crippen LogP contribution in [0.25, 0.3) is 0 Å². The second kappa shape index (κ2) is 5.88. The van der Waals surface area contributed by atoms with E-state index in [1.54, 1.807) is 0 Å². The van der Waals surface area contributed by atoms with Gasteiger partial charge in [0, 0.05) is 13.1 Å². The van der Waals surface area contributed by atoms with Crippen LogP contribution >= 0.6 is 0 Å². The molecule has 1 heterocycles. The van der Waals surface area contributed by atoms with Gasteiger partial charge < -0.3 is 4.74 Å². The largest absolute Gasteiger partial charge is 0.495 e. The molecule has 0 radical (unpaired) electrons. The van der Waals surface area contributed by atoms with Crippen LogP contribution in [0.5, 0.6) is 5.75 Å². The molecule has 1 aliphatic heterocycles. The molecule has 0 N–H and O–H groups in total. The van der Waals surface area contributed by atoms with Gasteiger partial charge in [-0.25, -0.2) is 12.8 Å². The number of nitrogens with zero attached hydrogens (tertiary/aromatic N) is 1. The van der Waals surface area contributed by atoms with Gasteiger partial charge in [0.15, 0.2) is 0 Å². The van der Waals surface area contributed by atoms with Crippen molar-refractivity contribution in [2.75, 3.05) is 20.2 Å². The standard InChI is InChI=1S/C13H18FNO3S/c1-18-12-7-6-11(14)10-13(12)19(16,17)15-8-4-2-3-5-9-15/h6-7,10H,2-5,8-9H2,1H3. The molecule has 0 atom stereocenters. The summed E-state index contributed by atoms with van der Waals surface area (Å²) in [5, 5.41) is 0. The number of benzene rings is 1. The van der Waals surface area contributed by atoms with E-state index in [0.29, 0.717) is 13.1 Å². The molecular weight excluding hydrogens is 269 g/mol. The second-order valence-corrected chi connectivity index (χ2v) is 6.52. The van der Waals surface area contributed by atoms with Crippen molar-refractivity contribution in [3.8, 4) is 5.75 Å². The van der Waals surface area contributed by atoms with Crippen molar-refractivity contribution in [1.82, 2.24) is 4.31 Å². The first-order valence-corrected chi connectivity index (χ1v) is 7.83. The zero-order chi connectivity index (χ0) is 13.9. The van der Waals surface area contributed by atoms with Gasteiger partial charge in [-0.15, -0.1) is 0 Å². The summed E-state index contributed by atoms with van der Waals surface area (Å²) >= 11 is 0. The van der Waals surface area contributed by atoms with E-state index >= 15 is 0 Å². The van der Waals surface area contributed by atoms with Gasteiger partial charge in [0.2, 0.25) is 10.0 Å². The predicted octanol–water partition coefficient (Wildman–Crippen LogP) is 2.40. The van der Waals surface area contributed by atoms with Crippen LogP contribution in [-0.2, 0) is 10.0 Å². The molecule has 1 saturated heterocycles. The lowest BCUT2D eigenvalue weighted by Crippen LogP contribution is -2.32. The molecule has 0 unspecified atom stereocenters. The summed E-state index contributed by atoms with van der Waals surface area (Å²) in [6.07, 6.45) is 3.76. The molecule has 0 aromatic heterocycles. The highest BCUT2D eigenvalue weighted by atomic mass is 32.2. The normalized spacial score (nSPS) is 18.0. The number of sulfonamides is 1. The Labute approximate surface area is 113 Å².